The van der Waals surface area contributed by atoms with Crippen LogP contribution in [0.2, 0.25) is 0 Å². The molecule has 1 aromatic rings. The first-order valence-corrected chi connectivity index (χ1v) is 8.53. The maximum Gasteiger partial charge on any atom is 0.323 e. The molecule has 0 N–H and O–H groups in total. The van der Waals surface area contributed by atoms with E-state index in [9.17, 15) is 4.79 Å². The molecule has 0 bridgehead atoms. The average Bonchev–Trinajstić information content (AvgIpc) is 2.95. The average molecular weight is 319 g/mol. The lowest BCUT2D eigenvalue weighted by atomic mass is 10.0. The second-order valence-corrected chi connectivity index (χ2v) is 6.84. The van der Waals surface area contributed by atoms with Crippen molar-refractivity contribution >= 4 is 5.97 Å². The Labute approximate surface area is 139 Å². The highest BCUT2D eigenvalue weighted by atomic mass is 16.5. The summed E-state index contributed by atoms with van der Waals surface area (Å²) < 4.78 is 11.0. The van der Waals surface area contributed by atoms with E-state index in [0.717, 1.165) is 37.2 Å². The molecule has 0 saturated carbocycles. The van der Waals surface area contributed by atoms with Crippen LogP contribution in [0.3, 0.4) is 0 Å². The molecular weight excluding hydrogens is 290 g/mol. The van der Waals surface area contributed by atoms with E-state index in [4.69, 9.17) is 9.47 Å². The minimum absolute atomic E-state index is 0.0650. The molecule has 1 aliphatic heterocycles. The predicted molar refractivity (Wildman–Crippen MR) is 91.7 cm³/mol. The molecule has 0 aromatic heterocycles. The van der Waals surface area contributed by atoms with Crippen LogP contribution in [-0.4, -0.2) is 36.7 Å². The van der Waals surface area contributed by atoms with Crippen molar-refractivity contribution in [3.05, 3.63) is 29.3 Å². The van der Waals surface area contributed by atoms with Crippen LogP contribution in [0.25, 0.3) is 0 Å². The molecule has 1 aliphatic rings. The van der Waals surface area contributed by atoms with Crippen molar-refractivity contribution in [3.63, 3.8) is 0 Å². The lowest BCUT2D eigenvalue weighted by molar-refractivity contribution is -0.152. The minimum Gasteiger partial charge on any atom is -0.496 e. The Morgan fingerprint density at radius 1 is 1.30 bits per heavy atom. The molecule has 1 saturated heterocycles. The highest BCUT2D eigenvalue weighted by Gasteiger charge is 2.32. The van der Waals surface area contributed by atoms with Gasteiger partial charge in [0.25, 0.3) is 0 Å². The summed E-state index contributed by atoms with van der Waals surface area (Å²) in [5.74, 6) is 1.27. The number of esters is 1. The van der Waals surface area contributed by atoms with Gasteiger partial charge in [-0.1, -0.05) is 26.0 Å². The smallest absolute Gasteiger partial charge is 0.323 e. The number of rotatable bonds is 6. The molecule has 1 atom stereocenters. The number of hydrogen-bond donors (Lipinski definition) is 0. The van der Waals surface area contributed by atoms with Crippen molar-refractivity contribution in [2.24, 2.45) is 0 Å². The standard InChI is InChI=1S/C19H29NO3/c1-13(2)15-8-9-16(18(11-15)22-5)12-20-10-6-7-17(20)19(21)23-14(3)4/h8-9,11,13-14,17H,6-7,10,12H2,1-5H3/t17-/m0/s1. The Morgan fingerprint density at radius 2 is 2.04 bits per heavy atom. The first-order valence-electron chi connectivity index (χ1n) is 8.53. The van der Waals surface area contributed by atoms with Gasteiger partial charge in [0.05, 0.1) is 13.2 Å². The molecule has 4 nitrogen and oxygen atoms in total. The predicted octanol–water partition coefficient (Wildman–Crippen LogP) is 3.73. The highest BCUT2D eigenvalue weighted by Crippen LogP contribution is 2.28. The SMILES string of the molecule is COc1cc(C(C)C)ccc1CN1CCC[C@H]1C(=O)OC(C)C. The Hall–Kier alpha value is -1.55. The van der Waals surface area contributed by atoms with Crippen LogP contribution >= 0.6 is 0 Å². The van der Waals surface area contributed by atoms with E-state index in [-0.39, 0.29) is 18.1 Å². The van der Waals surface area contributed by atoms with E-state index in [2.05, 4.69) is 36.9 Å². The maximum absolute atomic E-state index is 12.3. The first kappa shape index (κ1) is 17.8. The van der Waals surface area contributed by atoms with Crippen molar-refractivity contribution in [3.8, 4) is 5.75 Å². The van der Waals surface area contributed by atoms with Crippen LogP contribution in [0.15, 0.2) is 18.2 Å². The Bertz CT molecular complexity index is 539. The van der Waals surface area contributed by atoms with Gasteiger partial charge in [0, 0.05) is 12.1 Å². The van der Waals surface area contributed by atoms with E-state index in [0.29, 0.717) is 5.92 Å². The largest absolute Gasteiger partial charge is 0.496 e. The Kier molecular flexibility index (Phi) is 6.05. The van der Waals surface area contributed by atoms with Gasteiger partial charge in [-0.25, -0.2) is 0 Å². The monoisotopic (exact) mass is 319 g/mol. The topological polar surface area (TPSA) is 38.8 Å². The molecule has 1 heterocycles. The van der Waals surface area contributed by atoms with Gasteiger partial charge in [-0.3, -0.25) is 9.69 Å². The van der Waals surface area contributed by atoms with E-state index in [1.54, 1.807) is 7.11 Å². The summed E-state index contributed by atoms with van der Waals surface area (Å²) in [7, 11) is 1.71. The summed E-state index contributed by atoms with van der Waals surface area (Å²) >= 11 is 0. The zero-order chi connectivity index (χ0) is 17.0. The van der Waals surface area contributed by atoms with E-state index >= 15 is 0 Å². The molecule has 0 radical (unpaired) electrons. The van der Waals surface area contributed by atoms with Crippen LogP contribution < -0.4 is 4.74 Å². The number of nitrogens with zero attached hydrogens (tertiary/aromatic N) is 1. The van der Waals surface area contributed by atoms with Crippen molar-refractivity contribution < 1.29 is 14.3 Å². The fraction of sp³-hybridized carbons (Fsp3) is 0.632. The molecule has 0 unspecified atom stereocenters. The fourth-order valence-corrected chi connectivity index (χ4v) is 3.06. The second-order valence-electron chi connectivity index (χ2n) is 6.84. The van der Waals surface area contributed by atoms with Gasteiger partial charge >= 0.3 is 5.97 Å². The normalized spacial score (nSPS) is 18.7. The molecule has 4 heteroatoms. The van der Waals surface area contributed by atoms with Gasteiger partial charge in [-0.15, -0.1) is 0 Å². The summed E-state index contributed by atoms with van der Waals surface area (Å²) in [5, 5.41) is 0. The Balaban J connectivity index is 2.12. The molecule has 0 spiro atoms. The summed E-state index contributed by atoms with van der Waals surface area (Å²) in [5.41, 5.74) is 2.39. The van der Waals surface area contributed by atoms with Crippen LogP contribution in [0.5, 0.6) is 5.75 Å². The summed E-state index contributed by atoms with van der Waals surface area (Å²) in [6, 6.07) is 6.25. The summed E-state index contributed by atoms with van der Waals surface area (Å²) in [4.78, 5) is 14.5. The van der Waals surface area contributed by atoms with Crippen molar-refractivity contribution in [1.29, 1.82) is 0 Å². The first-order chi connectivity index (χ1) is 10.9. The zero-order valence-electron chi connectivity index (χ0n) is 15.0. The molecule has 2 rings (SSSR count). The van der Waals surface area contributed by atoms with Crippen LogP contribution in [0, 0.1) is 0 Å². The number of benzene rings is 1. The van der Waals surface area contributed by atoms with E-state index in [1.165, 1.54) is 5.56 Å². The quantitative estimate of drug-likeness (QED) is 0.749. The third-order valence-electron chi connectivity index (χ3n) is 4.34. The van der Waals surface area contributed by atoms with Crippen LogP contribution in [0.4, 0.5) is 0 Å². The lowest BCUT2D eigenvalue weighted by Gasteiger charge is -2.25. The van der Waals surface area contributed by atoms with Gasteiger partial charge in [-0.05, 0) is 50.8 Å². The highest BCUT2D eigenvalue weighted by molar-refractivity contribution is 5.76. The second kappa shape index (κ2) is 7.82. The molecule has 1 fully saturated rings. The van der Waals surface area contributed by atoms with E-state index in [1.807, 2.05) is 13.8 Å². The van der Waals surface area contributed by atoms with Crippen molar-refractivity contribution in [2.75, 3.05) is 13.7 Å². The maximum atomic E-state index is 12.3. The van der Waals surface area contributed by atoms with Crippen molar-refractivity contribution in [1.82, 2.24) is 4.90 Å². The molecule has 1 aromatic carbocycles. The van der Waals surface area contributed by atoms with Crippen molar-refractivity contribution in [2.45, 2.75) is 65.1 Å². The number of carbonyl (C=O) groups is 1. The minimum atomic E-state index is -0.133. The zero-order valence-corrected chi connectivity index (χ0v) is 15.0. The molecule has 0 amide bonds. The molecule has 23 heavy (non-hydrogen) atoms. The van der Waals surface area contributed by atoms with Gasteiger partial charge in [-0.2, -0.15) is 0 Å². The van der Waals surface area contributed by atoms with Crippen LogP contribution in [0.1, 0.15) is 57.6 Å². The van der Waals surface area contributed by atoms with Gasteiger partial charge in [0.1, 0.15) is 11.8 Å². The molecular formula is C19H29NO3. The van der Waals surface area contributed by atoms with E-state index < -0.39 is 0 Å². The third-order valence-corrected chi connectivity index (χ3v) is 4.34. The number of carbonyl (C=O) groups excluding carboxylic acids is 1. The Morgan fingerprint density at radius 3 is 2.65 bits per heavy atom. The lowest BCUT2D eigenvalue weighted by Crippen LogP contribution is -2.37. The van der Waals surface area contributed by atoms with Gasteiger partial charge in [0.15, 0.2) is 0 Å². The fourth-order valence-electron chi connectivity index (χ4n) is 3.06. The van der Waals surface area contributed by atoms with Crippen LogP contribution in [-0.2, 0) is 16.1 Å². The third kappa shape index (κ3) is 4.47. The molecule has 0 aliphatic carbocycles. The number of ether oxygens (including phenoxy) is 2. The number of methoxy groups -OCH3 is 1. The summed E-state index contributed by atoms with van der Waals surface area (Å²) in [6.45, 7) is 9.78. The summed E-state index contributed by atoms with van der Waals surface area (Å²) in [6.07, 6.45) is 1.84. The molecule has 128 valence electrons. The number of hydrogen-bond acceptors (Lipinski definition) is 4. The number of likely N-dealkylation sites (tertiary alicyclic amines) is 1. The van der Waals surface area contributed by atoms with Gasteiger partial charge in [0.2, 0.25) is 0 Å². The van der Waals surface area contributed by atoms with Gasteiger partial charge < -0.3 is 9.47 Å².